The Labute approximate surface area is 153 Å². The van der Waals surface area contributed by atoms with Gasteiger partial charge in [-0.05, 0) is 50.4 Å². The smallest absolute Gasteiger partial charge is 0.345 e. The van der Waals surface area contributed by atoms with Crippen LogP contribution in [0.3, 0.4) is 0 Å². The number of likely N-dealkylation sites (tertiary alicyclic amines) is 2. The number of carbonyl (C=O) groups is 1. The predicted octanol–water partition coefficient (Wildman–Crippen LogP) is 2.79. The zero-order valence-corrected chi connectivity index (χ0v) is 15.8. The third-order valence-electron chi connectivity index (χ3n) is 6.26. The Kier molecular flexibility index (Phi) is 4.88. The van der Waals surface area contributed by atoms with Crippen molar-refractivity contribution in [2.24, 2.45) is 0 Å². The van der Waals surface area contributed by atoms with Crippen molar-refractivity contribution in [2.45, 2.75) is 50.7 Å². The van der Waals surface area contributed by atoms with E-state index in [-0.39, 0.29) is 5.60 Å². The number of ether oxygens (including phenoxy) is 1. The zero-order valence-electron chi connectivity index (χ0n) is 15.0. The van der Waals surface area contributed by atoms with Gasteiger partial charge in [-0.15, -0.1) is 11.3 Å². The van der Waals surface area contributed by atoms with Crippen molar-refractivity contribution in [1.29, 1.82) is 0 Å². The van der Waals surface area contributed by atoms with Gasteiger partial charge < -0.3 is 14.7 Å². The summed E-state index contributed by atoms with van der Waals surface area (Å²) in [5.74, 6) is -0.812. The van der Waals surface area contributed by atoms with Crippen LogP contribution in [-0.4, -0.2) is 66.2 Å². The molecule has 0 aromatic carbocycles. The Hall–Kier alpha value is -0.950. The molecule has 5 nitrogen and oxygen atoms in total. The fraction of sp³-hybridized carbons (Fsp3) is 0.737. The highest BCUT2D eigenvalue weighted by molar-refractivity contribution is 7.14. The van der Waals surface area contributed by atoms with Crippen LogP contribution in [0.1, 0.15) is 52.7 Å². The Morgan fingerprint density at radius 3 is 2.92 bits per heavy atom. The molecule has 2 saturated heterocycles. The molecule has 1 spiro atoms. The van der Waals surface area contributed by atoms with Gasteiger partial charge in [0.25, 0.3) is 0 Å². The van der Waals surface area contributed by atoms with Crippen LogP contribution < -0.4 is 0 Å². The standard InChI is InChI=1S/C19H28N2O3S/c1-2-21-8-3-4-14(21)13-20-9-6-19(7-10-20)15-12-17(18(22)23)25-16(15)5-11-24-19/h12,14H,2-11,13H2,1H3,(H,22,23). The van der Waals surface area contributed by atoms with E-state index in [1.165, 1.54) is 42.1 Å². The van der Waals surface area contributed by atoms with Gasteiger partial charge in [0.15, 0.2) is 0 Å². The number of piperidine rings is 1. The summed E-state index contributed by atoms with van der Waals surface area (Å²) < 4.78 is 6.26. The topological polar surface area (TPSA) is 53.0 Å². The minimum Gasteiger partial charge on any atom is -0.477 e. The van der Waals surface area contributed by atoms with Gasteiger partial charge in [0, 0.05) is 37.0 Å². The number of likely N-dealkylation sites (N-methyl/N-ethyl adjacent to an activating group) is 1. The van der Waals surface area contributed by atoms with E-state index in [9.17, 15) is 9.90 Å². The van der Waals surface area contributed by atoms with E-state index in [0.29, 0.717) is 10.9 Å². The molecule has 1 aromatic heterocycles. The van der Waals surface area contributed by atoms with Crippen molar-refractivity contribution in [1.82, 2.24) is 9.80 Å². The van der Waals surface area contributed by atoms with Gasteiger partial charge in [0.1, 0.15) is 4.88 Å². The summed E-state index contributed by atoms with van der Waals surface area (Å²) in [4.78, 5) is 18.2. The van der Waals surface area contributed by atoms with E-state index in [0.717, 1.165) is 51.1 Å². The summed E-state index contributed by atoms with van der Waals surface area (Å²) in [7, 11) is 0. The van der Waals surface area contributed by atoms with Crippen molar-refractivity contribution < 1.29 is 14.6 Å². The average molecular weight is 365 g/mol. The molecule has 6 heteroatoms. The van der Waals surface area contributed by atoms with Crippen molar-refractivity contribution in [3.8, 4) is 0 Å². The summed E-state index contributed by atoms with van der Waals surface area (Å²) in [6.07, 6.45) is 5.47. The van der Waals surface area contributed by atoms with Crippen LogP contribution in [0.15, 0.2) is 6.07 Å². The predicted molar refractivity (Wildman–Crippen MR) is 98.6 cm³/mol. The lowest BCUT2D eigenvalue weighted by Crippen LogP contribution is -2.49. The number of carboxylic acids is 1. The summed E-state index contributed by atoms with van der Waals surface area (Å²) in [6.45, 7) is 8.65. The number of aromatic carboxylic acids is 1. The monoisotopic (exact) mass is 364 g/mol. The summed E-state index contributed by atoms with van der Waals surface area (Å²) in [5, 5.41) is 9.33. The number of fused-ring (bicyclic) bond motifs is 2. The second-order valence-electron chi connectivity index (χ2n) is 7.57. The van der Waals surface area contributed by atoms with E-state index in [1.54, 1.807) is 0 Å². The molecule has 25 heavy (non-hydrogen) atoms. The first kappa shape index (κ1) is 17.5. The van der Waals surface area contributed by atoms with Crippen LogP contribution in [0, 0.1) is 0 Å². The molecule has 1 atom stereocenters. The minimum atomic E-state index is -0.812. The summed E-state index contributed by atoms with van der Waals surface area (Å²) >= 11 is 1.44. The first-order valence-corrected chi connectivity index (χ1v) is 10.4. The van der Waals surface area contributed by atoms with Gasteiger partial charge in [0.05, 0.1) is 12.2 Å². The molecule has 1 aromatic rings. The van der Waals surface area contributed by atoms with Gasteiger partial charge >= 0.3 is 5.97 Å². The second-order valence-corrected chi connectivity index (χ2v) is 8.71. The number of hydrogen-bond donors (Lipinski definition) is 1. The third kappa shape index (κ3) is 3.25. The van der Waals surface area contributed by atoms with Crippen molar-refractivity contribution in [3.63, 3.8) is 0 Å². The molecule has 138 valence electrons. The maximum Gasteiger partial charge on any atom is 0.345 e. The minimum absolute atomic E-state index is 0.242. The van der Waals surface area contributed by atoms with Crippen molar-refractivity contribution in [2.75, 3.05) is 39.3 Å². The molecule has 0 radical (unpaired) electrons. The number of thiophene rings is 1. The Morgan fingerprint density at radius 2 is 2.20 bits per heavy atom. The number of rotatable bonds is 4. The van der Waals surface area contributed by atoms with Gasteiger partial charge in [-0.2, -0.15) is 0 Å². The fourth-order valence-electron chi connectivity index (χ4n) is 4.85. The largest absolute Gasteiger partial charge is 0.477 e. The van der Waals surface area contributed by atoms with E-state index >= 15 is 0 Å². The van der Waals surface area contributed by atoms with Crippen LogP contribution in [0.2, 0.25) is 0 Å². The molecule has 1 unspecified atom stereocenters. The van der Waals surface area contributed by atoms with Crippen molar-refractivity contribution >= 4 is 17.3 Å². The third-order valence-corrected chi connectivity index (χ3v) is 7.44. The molecule has 0 amide bonds. The molecule has 4 heterocycles. The molecule has 3 aliphatic heterocycles. The van der Waals surface area contributed by atoms with Gasteiger partial charge in [-0.25, -0.2) is 4.79 Å². The normalized spacial score (nSPS) is 26.8. The van der Waals surface area contributed by atoms with E-state index in [1.807, 2.05) is 6.07 Å². The first-order chi connectivity index (χ1) is 12.1. The Bertz CT molecular complexity index is 637. The fourth-order valence-corrected chi connectivity index (χ4v) is 5.92. The van der Waals surface area contributed by atoms with Gasteiger partial charge in [-0.1, -0.05) is 6.92 Å². The lowest BCUT2D eigenvalue weighted by atomic mass is 9.82. The van der Waals surface area contributed by atoms with Crippen LogP contribution in [0.5, 0.6) is 0 Å². The van der Waals surface area contributed by atoms with Gasteiger partial charge in [-0.3, -0.25) is 4.90 Å². The number of nitrogens with zero attached hydrogens (tertiary/aromatic N) is 2. The number of carboxylic acid groups (broad SMARTS) is 1. The Morgan fingerprint density at radius 1 is 1.40 bits per heavy atom. The molecule has 3 aliphatic rings. The Balaban J connectivity index is 1.44. The van der Waals surface area contributed by atoms with Crippen molar-refractivity contribution in [3.05, 3.63) is 21.4 Å². The second kappa shape index (κ2) is 6.99. The van der Waals surface area contributed by atoms with E-state index in [4.69, 9.17) is 4.74 Å². The molecular formula is C19H28N2O3S. The van der Waals surface area contributed by atoms with Crippen LogP contribution in [0.4, 0.5) is 0 Å². The highest BCUT2D eigenvalue weighted by atomic mass is 32.1. The average Bonchev–Trinajstić information content (AvgIpc) is 3.24. The summed E-state index contributed by atoms with van der Waals surface area (Å²) in [6, 6.07) is 2.59. The lowest BCUT2D eigenvalue weighted by Gasteiger charge is -2.45. The van der Waals surface area contributed by atoms with Crippen LogP contribution >= 0.6 is 11.3 Å². The van der Waals surface area contributed by atoms with E-state index < -0.39 is 5.97 Å². The lowest BCUT2D eigenvalue weighted by molar-refractivity contribution is -0.0985. The van der Waals surface area contributed by atoms with Crippen LogP contribution in [0.25, 0.3) is 0 Å². The molecule has 0 saturated carbocycles. The highest BCUT2D eigenvalue weighted by Gasteiger charge is 2.42. The first-order valence-electron chi connectivity index (χ1n) is 9.58. The molecule has 4 rings (SSSR count). The van der Waals surface area contributed by atoms with Gasteiger partial charge in [0.2, 0.25) is 0 Å². The molecule has 1 N–H and O–H groups in total. The molecular weight excluding hydrogens is 336 g/mol. The maximum atomic E-state index is 11.4. The van der Waals surface area contributed by atoms with Crippen LogP contribution in [-0.2, 0) is 16.8 Å². The zero-order chi connectivity index (χ0) is 17.4. The molecule has 0 aliphatic carbocycles. The maximum absolute atomic E-state index is 11.4. The molecule has 2 fully saturated rings. The number of hydrogen-bond acceptors (Lipinski definition) is 5. The van der Waals surface area contributed by atoms with E-state index in [2.05, 4.69) is 16.7 Å². The highest BCUT2D eigenvalue weighted by Crippen LogP contribution is 2.44. The SMILES string of the molecule is CCN1CCCC1CN1CCC2(CC1)OCCc1sc(C(=O)O)cc12. The summed E-state index contributed by atoms with van der Waals surface area (Å²) in [5.41, 5.74) is 0.922. The molecule has 0 bridgehead atoms. The quantitative estimate of drug-likeness (QED) is 0.890.